The highest BCUT2D eigenvalue weighted by atomic mass is 35.5. The Morgan fingerprint density at radius 3 is 2.62 bits per heavy atom. The van der Waals surface area contributed by atoms with Gasteiger partial charge in [-0.2, -0.15) is 0 Å². The highest BCUT2D eigenvalue weighted by molar-refractivity contribution is 6.30. The molecule has 0 atom stereocenters. The van der Waals surface area contributed by atoms with Crippen molar-refractivity contribution in [2.24, 2.45) is 0 Å². The van der Waals surface area contributed by atoms with Gasteiger partial charge in [-0.05, 0) is 30.7 Å². The van der Waals surface area contributed by atoms with Gasteiger partial charge in [-0.25, -0.2) is 0 Å². The van der Waals surface area contributed by atoms with Crippen LogP contribution in [-0.2, 0) is 9.53 Å². The highest BCUT2D eigenvalue weighted by Gasteiger charge is 2.30. The van der Waals surface area contributed by atoms with Gasteiger partial charge in [0.1, 0.15) is 0 Å². The monoisotopic (exact) mass is 309 g/mol. The Balaban J connectivity index is 1.91. The number of carbonyl (C=O) groups is 1. The molecule has 4 nitrogen and oxygen atoms in total. The van der Waals surface area contributed by atoms with Gasteiger partial charge in [0.05, 0.1) is 5.60 Å². The van der Waals surface area contributed by atoms with Gasteiger partial charge in [-0.3, -0.25) is 4.79 Å². The second kappa shape index (κ2) is 7.07. The van der Waals surface area contributed by atoms with E-state index in [9.17, 15) is 9.90 Å². The van der Waals surface area contributed by atoms with E-state index in [1.54, 1.807) is 25.1 Å². The molecule has 21 heavy (non-hydrogen) atoms. The smallest absolute Gasteiger partial charge is 0.247 e. The van der Waals surface area contributed by atoms with E-state index in [4.69, 9.17) is 16.3 Å². The van der Waals surface area contributed by atoms with Crippen LogP contribution in [0.15, 0.2) is 29.8 Å². The van der Waals surface area contributed by atoms with Crippen molar-refractivity contribution in [1.29, 1.82) is 0 Å². The van der Waals surface area contributed by atoms with Gasteiger partial charge in [-0.15, -0.1) is 0 Å². The van der Waals surface area contributed by atoms with E-state index in [2.05, 4.69) is 5.32 Å². The molecule has 0 spiro atoms. The lowest BCUT2D eigenvalue weighted by Gasteiger charge is -2.32. The maximum atomic E-state index is 12.1. The maximum Gasteiger partial charge on any atom is 0.247 e. The first-order valence-corrected chi connectivity index (χ1v) is 7.38. The SMILES string of the molecule is C/C(=C/c1ccc(Cl)cc1)C(=O)NCC1(O)CCOCC1. The lowest BCUT2D eigenvalue weighted by atomic mass is 9.94. The number of ether oxygens (including phenoxy) is 1. The molecule has 0 aliphatic carbocycles. The minimum absolute atomic E-state index is 0.176. The molecule has 1 saturated heterocycles. The van der Waals surface area contributed by atoms with E-state index in [1.807, 2.05) is 12.1 Å². The first-order chi connectivity index (χ1) is 9.98. The number of nitrogens with one attached hydrogen (secondary N) is 1. The zero-order valence-electron chi connectivity index (χ0n) is 12.1. The van der Waals surface area contributed by atoms with Crippen molar-refractivity contribution in [3.8, 4) is 0 Å². The minimum atomic E-state index is -0.853. The molecule has 1 fully saturated rings. The van der Waals surface area contributed by atoms with Crippen LogP contribution in [0.1, 0.15) is 25.3 Å². The number of rotatable bonds is 4. The lowest BCUT2D eigenvalue weighted by molar-refractivity contribution is -0.120. The largest absolute Gasteiger partial charge is 0.388 e. The van der Waals surface area contributed by atoms with E-state index < -0.39 is 5.60 Å². The molecule has 0 radical (unpaired) electrons. The van der Waals surface area contributed by atoms with Crippen LogP contribution >= 0.6 is 11.6 Å². The molecule has 0 unspecified atom stereocenters. The molecule has 1 aromatic carbocycles. The number of halogens is 1. The second-order valence-corrected chi connectivity index (χ2v) is 5.83. The zero-order valence-corrected chi connectivity index (χ0v) is 12.8. The summed E-state index contributed by atoms with van der Waals surface area (Å²) in [6.45, 7) is 3.07. The Morgan fingerprint density at radius 2 is 2.00 bits per heavy atom. The van der Waals surface area contributed by atoms with E-state index in [-0.39, 0.29) is 12.5 Å². The Hall–Kier alpha value is -1.36. The van der Waals surface area contributed by atoms with Crippen molar-refractivity contribution in [2.75, 3.05) is 19.8 Å². The number of benzene rings is 1. The van der Waals surface area contributed by atoms with Crippen LogP contribution in [0.2, 0.25) is 5.02 Å². The molecule has 0 bridgehead atoms. The van der Waals surface area contributed by atoms with Gasteiger partial charge in [0, 0.05) is 43.2 Å². The summed E-state index contributed by atoms with van der Waals surface area (Å²) in [4.78, 5) is 12.1. The van der Waals surface area contributed by atoms with Gasteiger partial charge in [0.2, 0.25) is 5.91 Å². The normalized spacial score (nSPS) is 18.3. The minimum Gasteiger partial charge on any atom is -0.388 e. The van der Waals surface area contributed by atoms with E-state index in [0.717, 1.165) is 5.56 Å². The second-order valence-electron chi connectivity index (χ2n) is 5.40. The van der Waals surface area contributed by atoms with Crippen molar-refractivity contribution in [1.82, 2.24) is 5.32 Å². The summed E-state index contributed by atoms with van der Waals surface area (Å²) in [6, 6.07) is 7.27. The third kappa shape index (κ3) is 4.84. The maximum absolute atomic E-state index is 12.1. The Morgan fingerprint density at radius 1 is 1.38 bits per heavy atom. The van der Waals surface area contributed by atoms with E-state index >= 15 is 0 Å². The molecule has 1 amide bonds. The summed E-state index contributed by atoms with van der Waals surface area (Å²) >= 11 is 5.82. The number of aliphatic hydroxyl groups is 1. The number of hydrogen-bond acceptors (Lipinski definition) is 3. The average molecular weight is 310 g/mol. The lowest BCUT2D eigenvalue weighted by Crippen LogP contribution is -2.46. The van der Waals surface area contributed by atoms with Gasteiger partial charge in [0.15, 0.2) is 0 Å². The van der Waals surface area contributed by atoms with E-state index in [0.29, 0.717) is 36.7 Å². The standard InChI is InChI=1S/C16H20ClNO3/c1-12(10-13-2-4-14(17)5-3-13)15(19)18-11-16(20)6-8-21-9-7-16/h2-5,10,20H,6-9,11H2,1H3,(H,18,19)/b12-10-. The third-order valence-corrected chi connectivity index (χ3v) is 3.86. The van der Waals surface area contributed by atoms with Crippen molar-refractivity contribution in [3.05, 3.63) is 40.4 Å². The molecule has 2 rings (SSSR count). The molecule has 1 aromatic rings. The van der Waals surface area contributed by atoms with Crippen LogP contribution in [0.5, 0.6) is 0 Å². The molecule has 1 aliphatic rings. The van der Waals surface area contributed by atoms with Crippen LogP contribution in [-0.4, -0.2) is 36.4 Å². The Kier molecular flexibility index (Phi) is 5.39. The van der Waals surface area contributed by atoms with Crippen LogP contribution in [0.3, 0.4) is 0 Å². The quantitative estimate of drug-likeness (QED) is 0.840. The van der Waals surface area contributed by atoms with Crippen LogP contribution < -0.4 is 5.32 Å². The van der Waals surface area contributed by atoms with Gasteiger partial charge >= 0.3 is 0 Å². The number of carbonyl (C=O) groups excluding carboxylic acids is 1. The fourth-order valence-corrected chi connectivity index (χ4v) is 2.31. The number of amides is 1. The molecule has 114 valence electrons. The van der Waals surface area contributed by atoms with Crippen molar-refractivity contribution >= 4 is 23.6 Å². The van der Waals surface area contributed by atoms with Gasteiger partial charge in [0.25, 0.3) is 0 Å². The number of hydrogen-bond donors (Lipinski definition) is 2. The molecular weight excluding hydrogens is 290 g/mol. The molecule has 0 aromatic heterocycles. The predicted octanol–water partition coefficient (Wildman–Crippen LogP) is 2.40. The topological polar surface area (TPSA) is 58.6 Å². The van der Waals surface area contributed by atoms with Crippen LogP contribution in [0.25, 0.3) is 6.08 Å². The predicted molar refractivity (Wildman–Crippen MR) is 83.1 cm³/mol. The summed E-state index contributed by atoms with van der Waals surface area (Å²) in [5.41, 5.74) is 0.652. The zero-order chi connectivity index (χ0) is 15.3. The van der Waals surface area contributed by atoms with Crippen molar-refractivity contribution in [2.45, 2.75) is 25.4 Å². The molecule has 1 heterocycles. The molecule has 5 heteroatoms. The molecular formula is C16H20ClNO3. The first-order valence-electron chi connectivity index (χ1n) is 7.01. The van der Waals surface area contributed by atoms with E-state index in [1.165, 1.54) is 0 Å². The average Bonchev–Trinajstić information content (AvgIpc) is 2.48. The Labute approximate surface area is 129 Å². The summed E-state index contributed by atoms with van der Waals surface area (Å²) in [6.07, 6.45) is 2.89. The van der Waals surface area contributed by atoms with Crippen molar-refractivity contribution in [3.63, 3.8) is 0 Å². The molecule has 1 aliphatic heterocycles. The molecule has 2 N–H and O–H groups in total. The fourth-order valence-electron chi connectivity index (χ4n) is 2.19. The van der Waals surface area contributed by atoms with Crippen LogP contribution in [0, 0.1) is 0 Å². The Bertz CT molecular complexity index is 519. The van der Waals surface area contributed by atoms with Crippen LogP contribution in [0.4, 0.5) is 0 Å². The van der Waals surface area contributed by atoms with Gasteiger partial charge in [-0.1, -0.05) is 23.7 Å². The summed E-state index contributed by atoms with van der Waals surface area (Å²) in [5.74, 6) is -0.176. The molecule has 0 saturated carbocycles. The summed E-state index contributed by atoms with van der Waals surface area (Å²) in [5, 5.41) is 13.7. The van der Waals surface area contributed by atoms with Gasteiger partial charge < -0.3 is 15.2 Å². The first kappa shape index (κ1) is 16.0. The fraction of sp³-hybridized carbons (Fsp3) is 0.438. The summed E-state index contributed by atoms with van der Waals surface area (Å²) < 4.78 is 5.21. The summed E-state index contributed by atoms with van der Waals surface area (Å²) in [7, 11) is 0. The van der Waals surface area contributed by atoms with Crippen molar-refractivity contribution < 1.29 is 14.6 Å². The highest BCUT2D eigenvalue weighted by Crippen LogP contribution is 2.19. The third-order valence-electron chi connectivity index (χ3n) is 3.61.